The lowest BCUT2D eigenvalue weighted by molar-refractivity contribution is 0.0936. The van der Waals surface area contributed by atoms with Gasteiger partial charge in [0, 0.05) is 24.8 Å². The number of carbonyl (C=O) groups excluding carboxylic acids is 1. The molecule has 0 aliphatic carbocycles. The molecule has 0 saturated heterocycles. The Morgan fingerprint density at radius 2 is 1.86 bits per heavy atom. The summed E-state index contributed by atoms with van der Waals surface area (Å²) in [6, 6.07) is 18.5. The number of ether oxygens (including phenoxy) is 1. The molecule has 1 unspecified atom stereocenters. The van der Waals surface area contributed by atoms with E-state index in [2.05, 4.69) is 15.3 Å². The van der Waals surface area contributed by atoms with Crippen LogP contribution < -0.4 is 10.1 Å². The van der Waals surface area contributed by atoms with Crippen LogP contribution in [0.2, 0.25) is 0 Å². The molecule has 0 aliphatic rings. The molecule has 0 radical (unpaired) electrons. The third-order valence-electron chi connectivity index (χ3n) is 4.67. The van der Waals surface area contributed by atoms with Gasteiger partial charge in [-0.25, -0.2) is 9.97 Å². The van der Waals surface area contributed by atoms with Gasteiger partial charge < -0.3 is 14.6 Å². The van der Waals surface area contributed by atoms with Crippen LogP contribution in [-0.2, 0) is 7.05 Å². The number of carbonyl (C=O) groups is 1. The van der Waals surface area contributed by atoms with E-state index in [1.54, 1.807) is 19.4 Å². The number of hydrogen-bond acceptors (Lipinski definition) is 4. The van der Waals surface area contributed by atoms with E-state index in [0.29, 0.717) is 5.69 Å². The monoisotopic (exact) mass is 372 g/mol. The molecule has 0 saturated carbocycles. The number of benzene rings is 2. The number of hydrogen-bond donors (Lipinski definition) is 1. The quantitative estimate of drug-likeness (QED) is 0.582. The first-order valence-corrected chi connectivity index (χ1v) is 8.93. The number of aromatic nitrogens is 3. The second kappa shape index (κ2) is 7.52. The molecule has 4 rings (SSSR count). The van der Waals surface area contributed by atoms with Crippen LogP contribution in [0.3, 0.4) is 0 Å². The Balaban J connectivity index is 1.67. The Morgan fingerprint density at radius 1 is 1.07 bits per heavy atom. The van der Waals surface area contributed by atoms with Crippen LogP contribution in [0.15, 0.2) is 73.1 Å². The zero-order valence-corrected chi connectivity index (χ0v) is 15.7. The van der Waals surface area contributed by atoms with Gasteiger partial charge >= 0.3 is 0 Å². The Morgan fingerprint density at radius 3 is 2.57 bits per heavy atom. The van der Waals surface area contributed by atoms with Crippen LogP contribution in [-0.4, -0.2) is 27.6 Å². The molecule has 6 nitrogen and oxygen atoms in total. The summed E-state index contributed by atoms with van der Waals surface area (Å²) < 4.78 is 7.13. The van der Waals surface area contributed by atoms with Crippen molar-refractivity contribution in [3.8, 4) is 5.75 Å². The Kier molecular flexibility index (Phi) is 4.76. The lowest BCUT2D eigenvalue weighted by Gasteiger charge is -2.19. The minimum absolute atomic E-state index is 0.255. The Hall–Kier alpha value is -3.67. The summed E-state index contributed by atoms with van der Waals surface area (Å²) in [5.41, 5.74) is 2.06. The topological polar surface area (TPSA) is 69.0 Å². The zero-order chi connectivity index (χ0) is 19.5. The Labute approximate surface area is 162 Å². The highest BCUT2D eigenvalue weighted by Crippen LogP contribution is 2.23. The predicted molar refractivity (Wildman–Crippen MR) is 107 cm³/mol. The first-order chi connectivity index (χ1) is 13.7. The third kappa shape index (κ3) is 3.44. The Bertz CT molecular complexity index is 1120. The predicted octanol–water partition coefficient (Wildman–Crippen LogP) is 3.50. The van der Waals surface area contributed by atoms with Crippen LogP contribution in [0.25, 0.3) is 10.9 Å². The summed E-state index contributed by atoms with van der Waals surface area (Å²) in [4.78, 5) is 21.9. The van der Waals surface area contributed by atoms with Gasteiger partial charge in [0.05, 0.1) is 12.6 Å². The van der Waals surface area contributed by atoms with Crippen molar-refractivity contribution < 1.29 is 9.53 Å². The largest absolute Gasteiger partial charge is 0.497 e. The molecule has 0 fully saturated rings. The van der Waals surface area contributed by atoms with Crippen molar-refractivity contribution in [3.63, 3.8) is 0 Å². The van der Waals surface area contributed by atoms with E-state index in [4.69, 9.17) is 4.74 Å². The molecular formula is C22H20N4O2. The number of amides is 1. The summed E-state index contributed by atoms with van der Waals surface area (Å²) in [7, 11) is 3.53. The average Bonchev–Trinajstić information content (AvgIpc) is 3.17. The lowest BCUT2D eigenvalue weighted by atomic mass is 10.1. The second-order valence-corrected chi connectivity index (χ2v) is 6.47. The van der Waals surface area contributed by atoms with Gasteiger partial charge in [0.25, 0.3) is 5.91 Å². The molecule has 28 heavy (non-hydrogen) atoms. The van der Waals surface area contributed by atoms with Gasteiger partial charge in [0.2, 0.25) is 0 Å². The molecule has 2 heterocycles. The van der Waals surface area contributed by atoms with E-state index in [0.717, 1.165) is 28.0 Å². The van der Waals surface area contributed by atoms with Crippen LogP contribution in [0.5, 0.6) is 5.75 Å². The van der Waals surface area contributed by atoms with Crippen LogP contribution >= 0.6 is 0 Å². The van der Waals surface area contributed by atoms with Crippen molar-refractivity contribution in [2.75, 3.05) is 7.11 Å². The molecule has 0 aliphatic heterocycles. The van der Waals surface area contributed by atoms with Crippen molar-refractivity contribution in [1.29, 1.82) is 0 Å². The van der Waals surface area contributed by atoms with E-state index in [1.807, 2.05) is 72.4 Å². The zero-order valence-electron chi connectivity index (χ0n) is 15.7. The van der Waals surface area contributed by atoms with E-state index in [9.17, 15) is 4.79 Å². The normalized spacial score (nSPS) is 11.9. The average molecular weight is 372 g/mol. The number of rotatable bonds is 5. The number of imidazole rings is 1. The van der Waals surface area contributed by atoms with E-state index < -0.39 is 6.04 Å². The van der Waals surface area contributed by atoms with Gasteiger partial charge in [0.1, 0.15) is 23.3 Å². The van der Waals surface area contributed by atoms with Gasteiger partial charge in [0.15, 0.2) is 0 Å². The molecule has 1 N–H and O–H groups in total. The number of nitrogens with one attached hydrogen (secondary N) is 1. The number of pyridine rings is 1. The molecule has 1 atom stereocenters. The maximum Gasteiger partial charge on any atom is 0.270 e. The molecule has 4 aromatic rings. The maximum atomic E-state index is 13.0. The van der Waals surface area contributed by atoms with Crippen molar-refractivity contribution in [2.45, 2.75) is 6.04 Å². The highest BCUT2D eigenvalue weighted by molar-refractivity contribution is 5.95. The van der Waals surface area contributed by atoms with Crippen LogP contribution in [0.4, 0.5) is 0 Å². The van der Waals surface area contributed by atoms with Crippen molar-refractivity contribution in [2.24, 2.45) is 7.05 Å². The van der Waals surface area contributed by atoms with Crippen LogP contribution in [0, 0.1) is 0 Å². The lowest BCUT2D eigenvalue weighted by Crippen LogP contribution is -2.31. The molecule has 2 aromatic carbocycles. The van der Waals surface area contributed by atoms with Crippen molar-refractivity contribution in [3.05, 3.63) is 90.1 Å². The van der Waals surface area contributed by atoms with E-state index in [-0.39, 0.29) is 5.91 Å². The second-order valence-electron chi connectivity index (χ2n) is 6.47. The van der Waals surface area contributed by atoms with E-state index in [1.165, 1.54) is 0 Å². The summed E-state index contributed by atoms with van der Waals surface area (Å²) in [6.07, 6.45) is 3.57. The molecule has 2 aromatic heterocycles. The first kappa shape index (κ1) is 17.7. The fraction of sp³-hybridized carbons (Fsp3) is 0.136. The summed E-state index contributed by atoms with van der Waals surface area (Å²) in [5.74, 6) is 1.23. The van der Waals surface area contributed by atoms with Gasteiger partial charge in [-0.1, -0.05) is 36.4 Å². The minimum atomic E-state index is -0.410. The summed E-state index contributed by atoms with van der Waals surface area (Å²) in [6.45, 7) is 0. The van der Waals surface area contributed by atoms with E-state index >= 15 is 0 Å². The fourth-order valence-corrected chi connectivity index (χ4v) is 3.15. The van der Waals surface area contributed by atoms with Gasteiger partial charge in [-0.05, 0) is 29.8 Å². The standard InChI is InChI=1S/C22H20N4O2/c1-26-14-13-23-21(26)20(16-7-10-17(28-2)11-8-16)25-22(27)19-12-9-15-5-3-4-6-18(15)24-19/h3-14,20H,1-2H3,(H,25,27). The fourth-order valence-electron chi connectivity index (χ4n) is 3.15. The van der Waals surface area contributed by atoms with Gasteiger partial charge in [-0.2, -0.15) is 0 Å². The van der Waals surface area contributed by atoms with Crippen LogP contribution in [0.1, 0.15) is 27.9 Å². The van der Waals surface area contributed by atoms with Gasteiger partial charge in [-0.15, -0.1) is 0 Å². The van der Waals surface area contributed by atoms with Crippen molar-refractivity contribution in [1.82, 2.24) is 19.9 Å². The number of methoxy groups -OCH3 is 1. The SMILES string of the molecule is COc1ccc(C(NC(=O)c2ccc3ccccc3n2)c2nccn2C)cc1. The number of aryl methyl sites for hydroxylation is 1. The molecule has 0 spiro atoms. The molecule has 1 amide bonds. The minimum Gasteiger partial charge on any atom is -0.497 e. The third-order valence-corrected chi connectivity index (χ3v) is 4.67. The highest BCUT2D eigenvalue weighted by atomic mass is 16.5. The summed E-state index contributed by atoms with van der Waals surface area (Å²) in [5, 5.41) is 4.06. The molecule has 140 valence electrons. The smallest absolute Gasteiger partial charge is 0.270 e. The summed E-state index contributed by atoms with van der Waals surface area (Å²) >= 11 is 0. The highest BCUT2D eigenvalue weighted by Gasteiger charge is 2.22. The molecule has 0 bridgehead atoms. The first-order valence-electron chi connectivity index (χ1n) is 8.93. The molecular weight excluding hydrogens is 352 g/mol. The van der Waals surface area contributed by atoms with Crippen molar-refractivity contribution >= 4 is 16.8 Å². The number of fused-ring (bicyclic) bond motifs is 1. The maximum absolute atomic E-state index is 13.0. The number of para-hydroxylation sites is 1. The number of nitrogens with zero attached hydrogens (tertiary/aromatic N) is 3. The van der Waals surface area contributed by atoms with Gasteiger partial charge in [-0.3, -0.25) is 4.79 Å². The molecule has 6 heteroatoms.